The molecule has 1 aromatic heterocycles. The molecule has 0 unspecified atom stereocenters. The number of nitrogens with zero attached hydrogens (tertiary/aromatic N) is 1. The fourth-order valence-corrected chi connectivity index (χ4v) is 1.37. The Morgan fingerprint density at radius 2 is 2.25 bits per heavy atom. The Hall–Kier alpha value is -1.16. The molecule has 0 atom stereocenters. The number of aryl methyl sites for hydroxylation is 1. The highest BCUT2D eigenvalue weighted by atomic mass is 16.5. The second kappa shape index (κ2) is 5.25. The second-order valence-corrected chi connectivity index (χ2v) is 4.84. The van der Waals surface area contributed by atoms with Gasteiger partial charge in [-0.05, 0) is 26.7 Å². The van der Waals surface area contributed by atoms with E-state index in [9.17, 15) is 4.79 Å². The number of carbonyl (C=O) groups excluding carboxylic acids is 1. The number of nitrogens with two attached hydrogens (primary N) is 1. The maximum atomic E-state index is 11.7. The molecule has 0 spiro atoms. The van der Waals surface area contributed by atoms with Crippen LogP contribution in [0.4, 0.5) is 0 Å². The van der Waals surface area contributed by atoms with E-state index < -0.39 is 0 Å². The van der Waals surface area contributed by atoms with Crippen LogP contribution >= 0.6 is 0 Å². The molecule has 1 aromatic rings. The lowest BCUT2D eigenvalue weighted by Crippen LogP contribution is -2.32. The summed E-state index contributed by atoms with van der Waals surface area (Å²) in [6.07, 6.45) is 2.88. The first-order chi connectivity index (χ1) is 7.42. The van der Waals surface area contributed by atoms with E-state index in [-0.39, 0.29) is 11.3 Å². The molecule has 16 heavy (non-hydrogen) atoms. The van der Waals surface area contributed by atoms with Gasteiger partial charge in [0.15, 0.2) is 5.78 Å². The van der Waals surface area contributed by atoms with Crippen LogP contribution in [0.25, 0.3) is 0 Å². The minimum Gasteiger partial charge on any atom is -0.361 e. The number of carbonyl (C=O) groups is 1. The molecule has 90 valence electrons. The topological polar surface area (TPSA) is 69.1 Å². The zero-order chi connectivity index (χ0) is 12.2. The Bertz CT molecular complexity index is 350. The van der Waals surface area contributed by atoms with E-state index >= 15 is 0 Å². The number of hydrogen-bond donors (Lipinski definition) is 1. The van der Waals surface area contributed by atoms with E-state index in [0.29, 0.717) is 18.5 Å². The number of hydrogen-bond acceptors (Lipinski definition) is 4. The van der Waals surface area contributed by atoms with Crippen LogP contribution in [0.2, 0.25) is 0 Å². The molecule has 4 nitrogen and oxygen atoms in total. The molecule has 0 aromatic carbocycles. The van der Waals surface area contributed by atoms with E-state index in [0.717, 1.165) is 18.6 Å². The average Bonchev–Trinajstić information content (AvgIpc) is 2.62. The molecular formula is C12H20N2O2. The van der Waals surface area contributed by atoms with E-state index in [1.807, 2.05) is 13.8 Å². The van der Waals surface area contributed by atoms with Crippen LogP contribution in [0.1, 0.15) is 56.3 Å². The SMILES string of the molecule is CCCc1cc(C(=O)CCC(C)(C)N)no1. The molecule has 0 saturated heterocycles. The Labute approximate surface area is 96.2 Å². The molecule has 0 aliphatic heterocycles. The van der Waals surface area contributed by atoms with Crippen molar-refractivity contribution in [3.05, 3.63) is 17.5 Å². The zero-order valence-electron chi connectivity index (χ0n) is 10.2. The molecule has 0 bridgehead atoms. The van der Waals surface area contributed by atoms with Gasteiger partial charge in [0.25, 0.3) is 0 Å². The van der Waals surface area contributed by atoms with Gasteiger partial charge in [-0.3, -0.25) is 4.79 Å². The third-order valence-corrected chi connectivity index (χ3v) is 2.34. The Balaban J connectivity index is 2.53. The molecule has 2 N–H and O–H groups in total. The van der Waals surface area contributed by atoms with Gasteiger partial charge in [-0.25, -0.2) is 0 Å². The fraction of sp³-hybridized carbons (Fsp3) is 0.667. The Morgan fingerprint density at radius 3 is 2.81 bits per heavy atom. The highest BCUT2D eigenvalue weighted by Gasteiger charge is 2.17. The number of ketones is 1. The molecule has 0 amide bonds. The van der Waals surface area contributed by atoms with Gasteiger partial charge in [0, 0.05) is 24.4 Å². The maximum Gasteiger partial charge on any atom is 0.184 e. The number of rotatable bonds is 6. The minimum atomic E-state index is -0.314. The van der Waals surface area contributed by atoms with Crippen LogP contribution in [-0.2, 0) is 6.42 Å². The van der Waals surface area contributed by atoms with Crippen LogP contribution in [0.3, 0.4) is 0 Å². The minimum absolute atomic E-state index is 0.00429. The first kappa shape index (κ1) is 12.9. The van der Waals surface area contributed by atoms with E-state index in [2.05, 4.69) is 12.1 Å². The third kappa shape index (κ3) is 4.14. The van der Waals surface area contributed by atoms with E-state index in [1.54, 1.807) is 6.07 Å². The van der Waals surface area contributed by atoms with Crippen LogP contribution in [-0.4, -0.2) is 16.5 Å². The second-order valence-electron chi connectivity index (χ2n) is 4.84. The van der Waals surface area contributed by atoms with Gasteiger partial charge < -0.3 is 10.3 Å². The van der Waals surface area contributed by atoms with Crippen LogP contribution in [0.5, 0.6) is 0 Å². The Morgan fingerprint density at radius 1 is 1.56 bits per heavy atom. The quantitative estimate of drug-likeness (QED) is 0.753. The molecule has 0 fully saturated rings. The van der Waals surface area contributed by atoms with Crippen molar-refractivity contribution in [2.75, 3.05) is 0 Å². The first-order valence-electron chi connectivity index (χ1n) is 5.70. The standard InChI is InChI=1S/C12H20N2O2/c1-4-5-9-8-10(14-16-9)11(15)6-7-12(2,3)13/h8H,4-7,13H2,1-3H3. The molecule has 0 radical (unpaired) electrons. The summed E-state index contributed by atoms with van der Waals surface area (Å²) in [7, 11) is 0. The summed E-state index contributed by atoms with van der Waals surface area (Å²) in [4.78, 5) is 11.7. The smallest absolute Gasteiger partial charge is 0.184 e. The van der Waals surface area contributed by atoms with Crippen molar-refractivity contribution in [2.24, 2.45) is 5.73 Å². The number of Topliss-reactive ketones (excluding diaryl/α,β-unsaturated/α-hetero) is 1. The lowest BCUT2D eigenvalue weighted by atomic mass is 9.97. The van der Waals surface area contributed by atoms with Gasteiger partial charge >= 0.3 is 0 Å². The summed E-state index contributed by atoms with van der Waals surface area (Å²) in [6, 6.07) is 1.73. The molecule has 0 aliphatic carbocycles. The van der Waals surface area contributed by atoms with Crippen LogP contribution in [0.15, 0.2) is 10.6 Å². The lowest BCUT2D eigenvalue weighted by Gasteiger charge is -2.16. The summed E-state index contributed by atoms with van der Waals surface area (Å²) in [5.74, 6) is 0.780. The largest absolute Gasteiger partial charge is 0.361 e. The lowest BCUT2D eigenvalue weighted by molar-refractivity contribution is 0.0963. The maximum absolute atomic E-state index is 11.7. The Kier molecular flexibility index (Phi) is 4.24. The highest BCUT2D eigenvalue weighted by molar-refractivity contribution is 5.94. The van der Waals surface area contributed by atoms with Gasteiger partial charge in [-0.15, -0.1) is 0 Å². The van der Waals surface area contributed by atoms with Crippen molar-refractivity contribution in [1.82, 2.24) is 5.16 Å². The van der Waals surface area contributed by atoms with Crippen molar-refractivity contribution in [2.45, 2.75) is 52.0 Å². The van der Waals surface area contributed by atoms with Gasteiger partial charge in [0.2, 0.25) is 0 Å². The van der Waals surface area contributed by atoms with Gasteiger partial charge in [-0.2, -0.15) is 0 Å². The normalized spacial score (nSPS) is 11.8. The van der Waals surface area contributed by atoms with Gasteiger partial charge in [-0.1, -0.05) is 12.1 Å². The van der Waals surface area contributed by atoms with E-state index in [1.165, 1.54) is 0 Å². The number of aromatic nitrogens is 1. The van der Waals surface area contributed by atoms with Crippen LogP contribution in [0, 0.1) is 0 Å². The molecule has 1 heterocycles. The summed E-state index contributed by atoms with van der Waals surface area (Å²) in [6.45, 7) is 5.87. The zero-order valence-corrected chi connectivity index (χ0v) is 10.2. The van der Waals surface area contributed by atoms with Crippen molar-refractivity contribution >= 4 is 5.78 Å². The summed E-state index contributed by atoms with van der Waals surface area (Å²) >= 11 is 0. The van der Waals surface area contributed by atoms with Crippen molar-refractivity contribution in [3.63, 3.8) is 0 Å². The molecule has 0 saturated carbocycles. The highest BCUT2D eigenvalue weighted by Crippen LogP contribution is 2.13. The third-order valence-electron chi connectivity index (χ3n) is 2.34. The molecule has 4 heteroatoms. The van der Waals surface area contributed by atoms with Crippen molar-refractivity contribution < 1.29 is 9.32 Å². The fourth-order valence-electron chi connectivity index (χ4n) is 1.37. The summed E-state index contributed by atoms with van der Waals surface area (Å²) in [5, 5.41) is 3.77. The van der Waals surface area contributed by atoms with E-state index in [4.69, 9.17) is 10.3 Å². The summed E-state index contributed by atoms with van der Waals surface area (Å²) < 4.78 is 5.06. The molecule has 1 rings (SSSR count). The first-order valence-corrected chi connectivity index (χ1v) is 5.70. The summed E-state index contributed by atoms with van der Waals surface area (Å²) in [5.41, 5.74) is 5.93. The predicted octanol–water partition coefficient (Wildman–Crippen LogP) is 2.33. The van der Waals surface area contributed by atoms with Crippen LogP contribution < -0.4 is 5.73 Å². The van der Waals surface area contributed by atoms with Gasteiger partial charge in [0.05, 0.1) is 0 Å². The average molecular weight is 224 g/mol. The molecular weight excluding hydrogens is 204 g/mol. The predicted molar refractivity (Wildman–Crippen MR) is 62.3 cm³/mol. The molecule has 0 aliphatic rings. The van der Waals surface area contributed by atoms with Crippen molar-refractivity contribution in [1.29, 1.82) is 0 Å². The van der Waals surface area contributed by atoms with Gasteiger partial charge in [0.1, 0.15) is 11.5 Å². The van der Waals surface area contributed by atoms with Crippen molar-refractivity contribution in [3.8, 4) is 0 Å². The monoisotopic (exact) mass is 224 g/mol.